The molecule has 3 aromatic carbocycles. The number of nitrogens with zero attached hydrogens (tertiary/aromatic N) is 1. The quantitative estimate of drug-likeness (QED) is 0.578. The topological polar surface area (TPSA) is 46.3 Å². The van der Waals surface area contributed by atoms with Gasteiger partial charge in [0.2, 0.25) is 5.91 Å². The molecule has 6 heteroatoms. The lowest BCUT2D eigenvalue weighted by Crippen LogP contribution is -2.40. The van der Waals surface area contributed by atoms with Crippen molar-refractivity contribution in [2.45, 2.75) is 26.3 Å². The third kappa shape index (κ3) is 5.43. The van der Waals surface area contributed by atoms with Crippen molar-refractivity contribution in [2.75, 3.05) is 11.4 Å². The minimum Gasteiger partial charge on any atom is -0.316 e. The molecule has 1 amide bonds. The Morgan fingerprint density at radius 1 is 0.967 bits per heavy atom. The van der Waals surface area contributed by atoms with Crippen LogP contribution in [-0.2, 0) is 11.2 Å². The maximum atomic E-state index is 14.1. The first-order valence-corrected chi connectivity index (χ1v) is 9.50. The molecule has 3 aromatic rings. The Morgan fingerprint density at radius 3 is 2.30 bits per heavy atom. The van der Waals surface area contributed by atoms with Crippen molar-refractivity contribution in [2.24, 2.45) is 5.73 Å². The molecule has 1 atom stereocenters. The van der Waals surface area contributed by atoms with Gasteiger partial charge in [-0.05, 0) is 60.7 Å². The summed E-state index contributed by atoms with van der Waals surface area (Å²) in [4.78, 5) is 14.8. The third-order valence-corrected chi connectivity index (χ3v) is 5.11. The number of aryl methyl sites for hydroxylation is 2. The minimum absolute atomic E-state index is 0. The smallest absolute Gasteiger partial charge is 0.248 e. The molecule has 0 bridgehead atoms. The lowest BCUT2D eigenvalue weighted by Gasteiger charge is -2.27. The molecule has 3 rings (SSSR count). The predicted octanol–water partition coefficient (Wildman–Crippen LogP) is 5.28. The molecule has 0 heterocycles. The fourth-order valence-electron chi connectivity index (χ4n) is 3.19. The summed E-state index contributed by atoms with van der Waals surface area (Å²) in [7, 11) is 0. The number of nitrogens with two attached hydrogens (primary N) is 1. The van der Waals surface area contributed by atoms with E-state index in [0.29, 0.717) is 16.8 Å². The molecule has 30 heavy (non-hydrogen) atoms. The van der Waals surface area contributed by atoms with Crippen LogP contribution in [-0.4, -0.2) is 12.5 Å². The van der Waals surface area contributed by atoms with Gasteiger partial charge in [-0.1, -0.05) is 42.5 Å². The van der Waals surface area contributed by atoms with E-state index in [1.807, 2.05) is 50.2 Å². The fraction of sp³-hybridized carbons (Fsp3) is 0.208. The number of anilines is 1. The van der Waals surface area contributed by atoms with Crippen LogP contribution in [0.15, 0.2) is 66.7 Å². The van der Waals surface area contributed by atoms with E-state index in [0.717, 1.165) is 17.2 Å². The highest BCUT2D eigenvalue weighted by Gasteiger charge is 2.24. The van der Waals surface area contributed by atoms with Gasteiger partial charge in [0.15, 0.2) is 0 Å². The standard InChI is InChI=1S/C24H24F2N2O.ClH/c1-16-8-11-21(14-17(16)2)28(13-12-18-9-10-20(25)15-22(18)26)24(29)23(27)19-6-4-3-5-7-19;/h3-11,14-15,23H,12-13,27H2,1-2H3;1H/t23-;/m0./s1. The molecule has 0 fully saturated rings. The molecule has 0 saturated carbocycles. The van der Waals surface area contributed by atoms with Gasteiger partial charge < -0.3 is 10.6 Å². The zero-order valence-corrected chi connectivity index (χ0v) is 17.8. The van der Waals surface area contributed by atoms with Crippen molar-refractivity contribution in [3.63, 3.8) is 0 Å². The van der Waals surface area contributed by atoms with Crippen LogP contribution < -0.4 is 10.6 Å². The lowest BCUT2D eigenvalue weighted by molar-refractivity contribution is -0.120. The normalized spacial score (nSPS) is 11.5. The predicted molar refractivity (Wildman–Crippen MR) is 119 cm³/mol. The lowest BCUT2D eigenvalue weighted by atomic mass is 10.0. The highest BCUT2D eigenvalue weighted by molar-refractivity contribution is 5.97. The van der Waals surface area contributed by atoms with Crippen LogP contribution in [0.5, 0.6) is 0 Å². The van der Waals surface area contributed by atoms with E-state index in [-0.39, 0.29) is 31.3 Å². The summed E-state index contributed by atoms with van der Waals surface area (Å²) < 4.78 is 27.3. The van der Waals surface area contributed by atoms with Gasteiger partial charge in [-0.25, -0.2) is 8.78 Å². The SMILES string of the molecule is Cc1ccc(N(CCc2ccc(F)cc2F)C(=O)[C@@H](N)c2ccccc2)cc1C.Cl. The van der Waals surface area contributed by atoms with Gasteiger partial charge in [0.1, 0.15) is 17.7 Å². The number of rotatable bonds is 6. The summed E-state index contributed by atoms with van der Waals surface area (Å²) in [5.41, 5.74) is 10.2. The molecule has 2 N–H and O–H groups in total. The Bertz CT molecular complexity index is 1010. The summed E-state index contributed by atoms with van der Waals surface area (Å²) in [6, 6.07) is 17.5. The molecular weight excluding hydrogens is 406 g/mol. The maximum Gasteiger partial charge on any atom is 0.248 e. The van der Waals surface area contributed by atoms with Crippen molar-refractivity contribution >= 4 is 24.0 Å². The van der Waals surface area contributed by atoms with Crippen LogP contribution >= 0.6 is 12.4 Å². The van der Waals surface area contributed by atoms with Gasteiger partial charge in [0, 0.05) is 18.3 Å². The number of halogens is 3. The summed E-state index contributed by atoms with van der Waals surface area (Å²) in [5, 5.41) is 0. The van der Waals surface area contributed by atoms with Crippen molar-refractivity contribution in [1.29, 1.82) is 0 Å². The first kappa shape index (κ1) is 23.5. The average Bonchev–Trinajstić information content (AvgIpc) is 2.72. The number of carbonyl (C=O) groups excluding carboxylic acids is 1. The first-order chi connectivity index (χ1) is 13.9. The van der Waals surface area contributed by atoms with E-state index in [1.54, 1.807) is 17.0 Å². The van der Waals surface area contributed by atoms with Crippen LogP contribution in [0.1, 0.15) is 28.3 Å². The van der Waals surface area contributed by atoms with E-state index in [1.165, 1.54) is 12.1 Å². The van der Waals surface area contributed by atoms with Gasteiger partial charge in [-0.2, -0.15) is 0 Å². The minimum atomic E-state index is -0.837. The maximum absolute atomic E-state index is 14.1. The summed E-state index contributed by atoms with van der Waals surface area (Å²) in [6.45, 7) is 4.19. The van der Waals surface area contributed by atoms with Crippen LogP contribution in [0.3, 0.4) is 0 Å². The zero-order chi connectivity index (χ0) is 21.0. The van der Waals surface area contributed by atoms with E-state index >= 15 is 0 Å². The van der Waals surface area contributed by atoms with Crippen molar-refractivity contribution in [3.05, 3.63) is 101 Å². The second kappa shape index (κ2) is 10.3. The number of amides is 1. The average molecular weight is 431 g/mol. The summed E-state index contributed by atoms with van der Waals surface area (Å²) in [6.07, 6.45) is 0.242. The second-order valence-corrected chi connectivity index (χ2v) is 7.13. The fourth-order valence-corrected chi connectivity index (χ4v) is 3.19. The molecule has 0 radical (unpaired) electrons. The first-order valence-electron chi connectivity index (χ1n) is 9.50. The van der Waals surface area contributed by atoms with Gasteiger partial charge in [-0.3, -0.25) is 4.79 Å². The van der Waals surface area contributed by atoms with Crippen molar-refractivity contribution in [3.8, 4) is 0 Å². The summed E-state index contributed by atoms with van der Waals surface area (Å²) in [5.74, 6) is -1.52. The largest absolute Gasteiger partial charge is 0.316 e. The van der Waals surface area contributed by atoms with E-state index in [2.05, 4.69) is 0 Å². The number of hydrogen-bond donors (Lipinski definition) is 1. The van der Waals surface area contributed by atoms with E-state index < -0.39 is 17.7 Å². The Kier molecular flexibility index (Phi) is 8.09. The van der Waals surface area contributed by atoms with Crippen molar-refractivity contribution < 1.29 is 13.6 Å². The van der Waals surface area contributed by atoms with Crippen LogP contribution in [0.4, 0.5) is 14.5 Å². The number of hydrogen-bond acceptors (Lipinski definition) is 2. The molecule has 0 aromatic heterocycles. The number of carbonyl (C=O) groups is 1. The molecule has 0 unspecified atom stereocenters. The molecule has 0 spiro atoms. The molecule has 0 aliphatic heterocycles. The molecule has 0 aliphatic rings. The summed E-state index contributed by atoms with van der Waals surface area (Å²) >= 11 is 0. The van der Waals surface area contributed by atoms with E-state index in [4.69, 9.17) is 5.73 Å². The molecular formula is C24H25ClF2N2O. The molecule has 0 saturated heterocycles. The highest BCUT2D eigenvalue weighted by atomic mass is 35.5. The molecule has 3 nitrogen and oxygen atoms in total. The van der Waals surface area contributed by atoms with Gasteiger partial charge in [-0.15, -0.1) is 12.4 Å². The zero-order valence-electron chi connectivity index (χ0n) is 16.9. The van der Waals surface area contributed by atoms with Crippen LogP contribution in [0.25, 0.3) is 0 Å². The molecule has 0 aliphatic carbocycles. The Balaban J connectivity index is 0.00000320. The van der Waals surface area contributed by atoms with Gasteiger partial charge in [0.05, 0.1) is 0 Å². The Labute approximate surface area is 181 Å². The Hall–Kier alpha value is -2.76. The third-order valence-electron chi connectivity index (χ3n) is 5.11. The highest BCUT2D eigenvalue weighted by Crippen LogP contribution is 2.23. The second-order valence-electron chi connectivity index (χ2n) is 7.13. The number of benzene rings is 3. The van der Waals surface area contributed by atoms with Crippen LogP contribution in [0.2, 0.25) is 0 Å². The van der Waals surface area contributed by atoms with Gasteiger partial charge in [0.25, 0.3) is 0 Å². The molecule has 158 valence electrons. The monoisotopic (exact) mass is 430 g/mol. The van der Waals surface area contributed by atoms with E-state index in [9.17, 15) is 13.6 Å². The Morgan fingerprint density at radius 2 is 1.67 bits per heavy atom. The van der Waals surface area contributed by atoms with Crippen LogP contribution in [0, 0.1) is 25.5 Å². The van der Waals surface area contributed by atoms with Crippen molar-refractivity contribution in [1.82, 2.24) is 0 Å². The van der Waals surface area contributed by atoms with Gasteiger partial charge >= 0.3 is 0 Å².